The SMILES string of the molecule is CC(C)(C)C(CS)Cn1cc(Cl)cn1. The fourth-order valence-corrected chi connectivity index (χ4v) is 2.09. The summed E-state index contributed by atoms with van der Waals surface area (Å²) in [6, 6.07) is 0. The third kappa shape index (κ3) is 3.21. The first-order valence-corrected chi connectivity index (χ1v) is 5.73. The third-order valence-corrected chi connectivity index (χ3v) is 3.09. The second kappa shape index (κ2) is 4.58. The van der Waals surface area contributed by atoms with Crippen LogP contribution < -0.4 is 0 Å². The van der Waals surface area contributed by atoms with Crippen LogP contribution in [0.3, 0.4) is 0 Å². The Labute approximate surface area is 96.1 Å². The van der Waals surface area contributed by atoms with Gasteiger partial charge in [-0.25, -0.2) is 0 Å². The van der Waals surface area contributed by atoms with Crippen LogP contribution in [0, 0.1) is 11.3 Å². The van der Waals surface area contributed by atoms with Gasteiger partial charge in [0.25, 0.3) is 0 Å². The number of rotatable bonds is 3. The summed E-state index contributed by atoms with van der Waals surface area (Å²) in [6.45, 7) is 7.54. The number of halogens is 1. The average molecular weight is 233 g/mol. The van der Waals surface area contributed by atoms with E-state index in [-0.39, 0.29) is 5.41 Å². The molecule has 0 bridgehead atoms. The van der Waals surface area contributed by atoms with Crippen LogP contribution >= 0.6 is 24.2 Å². The van der Waals surface area contributed by atoms with Crippen LogP contribution in [0.25, 0.3) is 0 Å². The lowest BCUT2D eigenvalue weighted by atomic mass is 9.82. The minimum Gasteiger partial charge on any atom is -0.271 e. The molecule has 1 heterocycles. The van der Waals surface area contributed by atoms with Crippen molar-refractivity contribution in [1.82, 2.24) is 9.78 Å². The number of thiol groups is 1. The van der Waals surface area contributed by atoms with Crippen molar-refractivity contribution >= 4 is 24.2 Å². The van der Waals surface area contributed by atoms with Gasteiger partial charge in [-0.05, 0) is 17.1 Å². The minimum atomic E-state index is 0.250. The first-order chi connectivity index (χ1) is 6.43. The Morgan fingerprint density at radius 2 is 2.21 bits per heavy atom. The Morgan fingerprint density at radius 3 is 2.57 bits per heavy atom. The lowest BCUT2D eigenvalue weighted by Gasteiger charge is -2.29. The van der Waals surface area contributed by atoms with Gasteiger partial charge in [-0.3, -0.25) is 4.68 Å². The van der Waals surface area contributed by atoms with Crippen LogP contribution in [-0.2, 0) is 6.54 Å². The standard InChI is InChI=1S/C10H17ClN2S/c1-10(2,3)8(7-14)5-13-6-9(11)4-12-13/h4,6,8,14H,5,7H2,1-3H3. The van der Waals surface area contributed by atoms with E-state index in [1.807, 2.05) is 10.9 Å². The predicted molar refractivity (Wildman–Crippen MR) is 64.0 cm³/mol. The fraction of sp³-hybridized carbons (Fsp3) is 0.700. The van der Waals surface area contributed by atoms with Crippen molar-refractivity contribution in [3.63, 3.8) is 0 Å². The monoisotopic (exact) mass is 232 g/mol. The molecule has 0 amide bonds. The summed E-state index contributed by atoms with van der Waals surface area (Å²) in [5.41, 5.74) is 0.250. The maximum atomic E-state index is 5.80. The molecular weight excluding hydrogens is 216 g/mol. The average Bonchev–Trinajstić information content (AvgIpc) is 2.45. The van der Waals surface area contributed by atoms with Crippen molar-refractivity contribution in [3.8, 4) is 0 Å². The van der Waals surface area contributed by atoms with Gasteiger partial charge in [0.05, 0.1) is 11.2 Å². The molecule has 80 valence electrons. The Morgan fingerprint density at radius 1 is 1.57 bits per heavy atom. The van der Waals surface area contributed by atoms with Crippen LogP contribution in [0.4, 0.5) is 0 Å². The molecule has 2 nitrogen and oxygen atoms in total. The van der Waals surface area contributed by atoms with E-state index in [2.05, 4.69) is 38.5 Å². The molecule has 1 atom stereocenters. The summed E-state index contributed by atoms with van der Waals surface area (Å²) in [4.78, 5) is 0. The van der Waals surface area contributed by atoms with Crippen molar-refractivity contribution in [2.45, 2.75) is 27.3 Å². The van der Waals surface area contributed by atoms with Crippen LogP contribution in [0.5, 0.6) is 0 Å². The molecule has 0 radical (unpaired) electrons. The molecule has 0 fully saturated rings. The molecule has 0 aliphatic heterocycles. The van der Waals surface area contributed by atoms with Crippen molar-refractivity contribution < 1.29 is 0 Å². The predicted octanol–water partition coefficient (Wildman–Crippen LogP) is 3.13. The summed E-state index contributed by atoms with van der Waals surface area (Å²) in [5.74, 6) is 1.36. The van der Waals surface area contributed by atoms with Crippen molar-refractivity contribution in [3.05, 3.63) is 17.4 Å². The molecule has 0 saturated heterocycles. The molecule has 0 spiro atoms. The highest BCUT2D eigenvalue weighted by Crippen LogP contribution is 2.28. The lowest BCUT2D eigenvalue weighted by Crippen LogP contribution is -2.26. The second-order valence-electron chi connectivity index (χ2n) is 4.63. The van der Waals surface area contributed by atoms with E-state index in [1.54, 1.807) is 6.20 Å². The van der Waals surface area contributed by atoms with Crippen molar-refractivity contribution in [2.24, 2.45) is 11.3 Å². The Kier molecular flexibility index (Phi) is 3.90. The van der Waals surface area contributed by atoms with Gasteiger partial charge in [-0.2, -0.15) is 17.7 Å². The number of nitrogens with zero attached hydrogens (tertiary/aromatic N) is 2. The first-order valence-electron chi connectivity index (χ1n) is 4.72. The molecule has 0 aromatic carbocycles. The maximum absolute atomic E-state index is 5.80. The van der Waals surface area contributed by atoms with Gasteiger partial charge >= 0.3 is 0 Å². The third-order valence-electron chi connectivity index (χ3n) is 2.45. The number of hydrogen-bond acceptors (Lipinski definition) is 2. The molecule has 14 heavy (non-hydrogen) atoms. The summed E-state index contributed by atoms with van der Waals surface area (Å²) < 4.78 is 1.88. The summed E-state index contributed by atoms with van der Waals surface area (Å²) in [5, 5.41) is 4.86. The molecule has 1 rings (SSSR count). The van der Waals surface area contributed by atoms with E-state index in [0.29, 0.717) is 10.9 Å². The Balaban J connectivity index is 2.66. The highest BCUT2D eigenvalue weighted by molar-refractivity contribution is 7.80. The fourth-order valence-electron chi connectivity index (χ4n) is 1.27. The summed E-state index contributed by atoms with van der Waals surface area (Å²) in [7, 11) is 0. The smallest absolute Gasteiger partial charge is 0.0785 e. The first kappa shape index (κ1) is 11.9. The van der Waals surface area contributed by atoms with Gasteiger partial charge in [0.15, 0.2) is 0 Å². The molecule has 4 heteroatoms. The highest BCUT2D eigenvalue weighted by Gasteiger charge is 2.23. The minimum absolute atomic E-state index is 0.250. The zero-order valence-electron chi connectivity index (χ0n) is 8.87. The maximum Gasteiger partial charge on any atom is 0.0785 e. The zero-order valence-corrected chi connectivity index (χ0v) is 10.5. The zero-order chi connectivity index (χ0) is 10.8. The van der Waals surface area contributed by atoms with Gasteiger partial charge < -0.3 is 0 Å². The van der Waals surface area contributed by atoms with Crippen LogP contribution in [0.2, 0.25) is 5.02 Å². The van der Waals surface area contributed by atoms with E-state index in [1.165, 1.54) is 0 Å². The number of hydrogen-bond donors (Lipinski definition) is 1. The molecule has 0 aliphatic rings. The van der Waals surface area contributed by atoms with Crippen LogP contribution in [0.1, 0.15) is 20.8 Å². The lowest BCUT2D eigenvalue weighted by molar-refractivity contribution is 0.231. The van der Waals surface area contributed by atoms with Gasteiger partial charge in [-0.15, -0.1) is 0 Å². The van der Waals surface area contributed by atoms with Gasteiger partial charge in [-0.1, -0.05) is 32.4 Å². The van der Waals surface area contributed by atoms with E-state index >= 15 is 0 Å². The van der Waals surface area contributed by atoms with Crippen molar-refractivity contribution in [1.29, 1.82) is 0 Å². The van der Waals surface area contributed by atoms with Gasteiger partial charge in [0.1, 0.15) is 0 Å². The second-order valence-corrected chi connectivity index (χ2v) is 5.43. The van der Waals surface area contributed by atoms with Gasteiger partial charge in [0, 0.05) is 12.7 Å². The summed E-state index contributed by atoms with van der Waals surface area (Å²) in [6.07, 6.45) is 3.52. The molecule has 1 aromatic heterocycles. The number of aromatic nitrogens is 2. The highest BCUT2D eigenvalue weighted by atomic mass is 35.5. The Hall–Kier alpha value is -0.150. The molecular formula is C10H17ClN2S. The van der Waals surface area contributed by atoms with E-state index < -0.39 is 0 Å². The molecule has 1 aromatic rings. The molecule has 0 N–H and O–H groups in total. The van der Waals surface area contributed by atoms with Crippen LogP contribution in [0.15, 0.2) is 12.4 Å². The van der Waals surface area contributed by atoms with E-state index in [4.69, 9.17) is 11.6 Å². The van der Waals surface area contributed by atoms with Gasteiger partial charge in [0.2, 0.25) is 0 Å². The molecule has 0 saturated carbocycles. The molecule has 1 unspecified atom stereocenters. The van der Waals surface area contributed by atoms with Crippen LogP contribution in [-0.4, -0.2) is 15.5 Å². The van der Waals surface area contributed by atoms with E-state index in [9.17, 15) is 0 Å². The van der Waals surface area contributed by atoms with Crippen molar-refractivity contribution in [2.75, 3.05) is 5.75 Å². The quantitative estimate of drug-likeness (QED) is 0.793. The Bertz CT molecular complexity index is 291. The normalized spacial score (nSPS) is 14.4. The van der Waals surface area contributed by atoms with E-state index in [0.717, 1.165) is 12.3 Å². The molecule has 0 aliphatic carbocycles. The summed E-state index contributed by atoms with van der Waals surface area (Å²) >= 11 is 10.2. The topological polar surface area (TPSA) is 17.8 Å². The largest absolute Gasteiger partial charge is 0.271 e.